The van der Waals surface area contributed by atoms with Crippen LogP contribution in [0.3, 0.4) is 0 Å². The molecule has 6 heteroatoms. The van der Waals surface area contributed by atoms with Crippen LogP contribution in [0.25, 0.3) is 0 Å². The van der Waals surface area contributed by atoms with Crippen LogP contribution in [0.15, 0.2) is 18.2 Å². The summed E-state index contributed by atoms with van der Waals surface area (Å²) in [6.07, 6.45) is -0.936. The third-order valence-corrected chi connectivity index (χ3v) is 2.33. The predicted molar refractivity (Wildman–Crippen MR) is 64.5 cm³/mol. The van der Waals surface area contributed by atoms with Crippen LogP contribution < -0.4 is 5.32 Å². The lowest BCUT2D eigenvalue weighted by Crippen LogP contribution is -2.18. The Morgan fingerprint density at radius 2 is 2.06 bits per heavy atom. The number of carboxylic acids is 1. The van der Waals surface area contributed by atoms with Crippen LogP contribution in [-0.4, -0.2) is 39.9 Å². The van der Waals surface area contributed by atoms with Crippen molar-refractivity contribution in [2.24, 2.45) is 0 Å². The number of carboxylic acid groups (broad SMARTS) is 1. The smallest absolute Gasteiger partial charge is 0.335 e. The average molecular weight is 253 g/mol. The van der Waals surface area contributed by atoms with Gasteiger partial charge in [0.1, 0.15) is 0 Å². The first-order valence-corrected chi connectivity index (χ1v) is 5.36. The second-order valence-corrected chi connectivity index (χ2v) is 3.90. The highest BCUT2D eigenvalue weighted by atomic mass is 16.4. The summed E-state index contributed by atoms with van der Waals surface area (Å²) >= 11 is 0. The van der Waals surface area contributed by atoms with E-state index in [1.165, 1.54) is 25.1 Å². The molecule has 1 atom stereocenters. The van der Waals surface area contributed by atoms with Crippen LogP contribution in [0, 0.1) is 0 Å². The van der Waals surface area contributed by atoms with E-state index in [-0.39, 0.29) is 17.9 Å². The minimum absolute atomic E-state index is 0.0595. The highest BCUT2D eigenvalue weighted by molar-refractivity contribution is 5.92. The Morgan fingerprint density at radius 3 is 2.56 bits per heavy atom. The number of benzene rings is 1. The van der Waals surface area contributed by atoms with Crippen molar-refractivity contribution in [3.05, 3.63) is 29.3 Å². The molecular weight excluding hydrogens is 238 g/mol. The third-order valence-electron chi connectivity index (χ3n) is 2.33. The molecule has 0 spiro atoms. The van der Waals surface area contributed by atoms with Crippen molar-refractivity contribution in [3.8, 4) is 0 Å². The Labute approximate surface area is 104 Å². The summed E-state index contributed by atoms with van der Waals surface area (Å²) in [4.78, 5) is 21.8. The second kappa shape index (κ2) is 6.13. The molecule has 0 radical (unpaired) electrons. The molecule has 0 aliphatic rings. The normalized spacial score (nSPS) is 11.9. The van der Waals surface area contributed by atoms with Gasteiger partial charge in [-0.2, -0.15) is 0 Å². The van der Waals surface area contributed by atoms with Gasteiger partial charge in [0, 0.05) is 19.0 Å². The lowest BCUT2D eigenvalue weighted by molar-refractivity contribution is -0.114. The van der Waals surface area contributed by atoms with Crippen molar-refractivity contribution in [2.75, 3.05) is 11.9 Å². The number of hydrogen-bond acceptors (Lipinski definition) is 4. The Balaban J connectivity index is 3.08. The van der Waals surface area contributed by atoms with Crippen molar-refractivity contribution in [1.29, 1.82) is 0 Å². The number of aliphatic hydroxyl groups is 2. The van der Waals surface area contributed by atoms with Gasteiger partial charge in [0.05, 0.1) is 18.3 Å². The van der Waals surface area contributed by atoms with Crippen LogP contribution in [0.1, 0.15) is 22.8 Å². The maximum atomic E-state index is 11.0. The lowest BCUT2D eigenvalue weighted by atomic mass is 10.0. The summed E-state index contributed by atoms with van der Waals surface area (Å²) in [5, 5.41) is 29.6. The molecule has 0 unspecified atom stereocenters. The number of carbonyl (C=O) groups excluding carboxylic acids is 1. The summed E-state index contributed by atoms with van der Waals surface area (Å²) in [5.41, 5.74) is 0.955. The number of carbonyl (C=O) groups is 2. The molecule has 98 valence electrons. The summed E-state index contributed by atoms with van der Waals surface area (Å²) in [6.45, 7) is 0.897. The predicted octanol–water partition coefficient (Wildman–Crippen LogP) is 0.239. The molecule has 0 bridgehead atoms. The van der Waals surface area contributed by atoms with Crippen LogP contribution >= 0.6 is 0 Å². The van der Waals surface area contributed by atoms with Gasteiger partial charge in [0.25, 0.3) is 0 Å². The monoisotopic (exact) mass is 253 g/mol. The van der Waals surface area contributed by atoms with Gasteiger partial charge in [-0.05, 0) is 23.8 Å². The van der Waals surface area contributed by atoms with E-state index >= 15 is 0 Å². The highest BCUT2D eigenvalue weighted by Crippen LogP contribution is 2.19. The molecule has 6 nitrogen and oxygen atoms in total. The molecule has 0 saturated carbocycles. The van der Waals surface area contributed by atoms with Gasteiger partial charge >= 0.3 is 5.97 Å². The van der Waals surface area contributed by atoms with E-state index in [1.807, 2.05) is 0 Å². The van der Waals surface area contributed by atoms with Gasteiger partial charge < -0.3 is 20.6 Å². The molecule has 0 saturated heterocycles. The molecule has 0 aliphatic heterocycles. The van der Waals surface area contributed by atoms with Crippen LogP contribution in [-0.2, 0) is 11.2 Å². The number of aliphatic hydroxyl groups excluding tert-OH is 2. The summed E-state index contributed by atoms with van der Waals surface area (Å²) in [6, 6.07) is 4.19. The van der Waals surface area contributed by atoms with Crippen molar-refractivity contribution in [3.63, 3.8) is 0 Å². The summed E-state index contributed by atoms with van der Waals surface area (Å²) in [5.74, 6) is -1.39. The quantitative estimate of drug-likeness (QED) is 0.601. The van der Waals surface area contributed by atoms with Gasteiger partial charge in [-0.15, -0.1) is 0 Å². The zero-order valence-corrected chi connectivity index (χ0v) is 9.88. The first kappa shape index (κ1) is 14.1. The van der Waals surface area contributed by atoms with Crippen molar-refractivity contribution >= 4 is 17.6 Å². The minimum Gasteiger partial charge on any atom is -0.478 e. The molecule has 1 aromatic carbocycles. The SMILES string of the molecule is CC(=O)Nc1ccc(C(=O)O)cc1C[C@@H](O)CO. The van der Waals surface area contributed by atoms with E-state index in [9.17, 15) is 14.7 Å². The Morgan fingerprint density at radius 1 is 1.39 bits per heavy atom. The highest BCUT2D eigenvalue weighted by Gasteiger charge is 2.12. The number of aromatic carboxylic acids is 1. The van der Waals surface area contributed by atoms with Crippen LogP contribution in [0.2, 0.25) is 0 Å². The average Bonchev–Trinajstić information content (AvgIpc) is 2.30. The summed E-state index contributed by atoms with van der Waals surface area (Å²) < 4.78 is 0. The van der Waals surface area contributed by atoms with Gasteiger partial charge in [-0.25, -0.2) is 4.79 Å². The van der Waals surface area contributed by atoms with Crippen molar-refractivity contribution < 1.29 is 24.9 Å². The van der Waals surface area contributed by atoms with Gasteiger partial charge in [-0.1, -0.05) is 0 Å². The minimum atomic E-state index is -1.09. The Kier molecular flexibility index (Phi) is 4.82. The van der Waals surface area contributed by atoms with Crippen LogP contribution in [0.4, 0.5) is 5.69 Å². The van der Waals surface area contributed by atoms with E-state index in [2.05, 4.69) is 5.32 Å². The molecule has 4 N–H and O–H groups in total. The number of anilines is 1. The molecule has 0 heterocycles. The fourth-order valence-electron chi connectivity index (χ4n) is 1.53. The lowest BCUT2D eigenvalue weighted by Gasteiger charge is -2.13. The van der Waals surface area contributed by atoms with E-state index in [1.54, 1.807) is 0 Å². The Bertz CT molecular complexity index is 458. The van der Waals surface area contributed by atoms with Gasteiger partial charge in [0.15, 0.2) is 0 Å². The first-order chi connectivity index (χ1) is 8.43. The number of amides is 1. The molecule has 0 aromatic heterocycles. The molecule has 0 fully saturated rings. The van der Waals surface area contributed by atoms with Crippen LogP contribution in [0.5, 0.6) is 0 Å². The molecule has 0 aliphatic carbocycles. The standard InChI is InChI=1S/C12H15NO5/c1-7(15)13-11-3-2-8(12(17)18)4-9(11)5-10(16)6-14/h2-4,10,14,16H,5-6H2,1H3,(H,13,15)(H,17,18)/t10-/m1/s1. The number of nitrogens with one attached hydrogen (secondary N) is 1. The van der Waals surface area contributed by atoms with E-state index < -0.39 is 18.7 Å². The molecule has 1 amide bonds. The maximum absolute atomic E-state index is 11.0. The zero-order chi connectivity index (χ0) is 13.7. The molecule has 18 heavy (non-hydrogen) atoms. The first-order valence-electron chi connectivity index (χ1n) is 5.36. The largest absolute Gasteiger partial charge is 0.478 e. The van der Waals surface area contributed by atoms with Crippen molar-refractivity contribution in [1.82, 2.24) is 0 Å². The summed E-state index contributed by atoms with van der Waals surface area (Å²) in [7, 11) is 0. The number of hydrogen-bond donors (Lipinski definition) is 4. The van der Waals surface area contributed by atoms with Crippen molar-refractivity contribution in [2.45, 2.75) is 19.4 Å². The fourth-order valence-corrected chi connectivity index (χ4v) is 1.53. The van der Waals surface area contributed by atoms with E-state index in [0.29, 0.717) is 11.3 Å². The topological polar surface area (TPSA) is 107 Å². The van der Waals surface area contributed by atoms with E-state index in [4.69, 9.17) is 10.2 Å². The molecule has 1 rings (SSSR count). The van der Waals surface area contributed by atoms with Gasteiger partial charge in [-0.3, -0.25) is 4.79 Å². The molecule has 1 aromatic rings. The molecular formula is C12H15NO5. The second-order valence-electron chi connectivity index (χ2n) is 3.90. The van der Waals surface area contributed by atoms with Gasteiger partial charge in [0.2, 0.25) is 5.91 Å². The number of rotatable bonds is 5. The van der Waals surface area contributed by atoms with E-state index in [0.717, 1.165) is 0 Å². The zero-order valence-electron chi connectivity index (χ0n) is 9.88. The fraction of sp³-hybridized carbons (Fsp3) is 0.333. The third kappa shape index (κ3) is 3.83. The Hall–Kier alpha value is -1.92. The maximum Gasteiger partial charge on any atom is 0.335 e.